The van der Waals surface area contributed by atoms with E-state index in [-0.39, 0.29) is 24.8 Å². The van der Waals surface area contributed by atoms with Gasteiger partial charge in [0.2, 0.25) is 11.8 Å². The van der Waals surface area contributed by atoms with E-state index in [1.165, 1.54) is 12.8 Å². The number of carbonyl (C=O) groups excluding carboxylic acids is 2. The number of amides is 2. The summed E-state index contributed by atoms with van der Waals surface area (Å²) in [6.45, 7) is 2.87. The van der Waals surface area contributed by atoms with Gasteiger partial charge in [0.05, 0.1) is 6.54 Å². The highest BCUT2D eigenvalue weighted by atomic mass is 32.2. The molecule has 170 valence electrons. The number of thioether (sulfide) groups is 1. The highest BCUT2D eigenvalue weighted by molar-refractivity contribution is 8.01. The lowest BCUT2D eigenvalue weighted by Gasteiger charge is -2.29. The molecule has 4 atom stereocenters. The Balaban J connectivity index is 1.65. The smallest absolute Gasteiger partial charge is 0.303 e. The summed E-state index contributed by atoms with van der Waals surface area (Å²) in [5.41, 5.74) is 0. The lowest BCUT2D eigenvalue weighted by molar-refractivity contribution is -0.137. The summed E-state index contributed by atoms with van der Waals surface area (Å²) >= 11 is 2.09. The first-order valence-corrected chi connectivity index (χ1v) is 12.5. The Morgan fingerprint density at radius 2 is 1.67 bits per heavy atom. The molecule has 2 amide bonds. The summed E-state index contributed by atoms with van der Waals surface area (Å²) < 4.78 is 0. The molecule has 2 aliphatic rings. The van der Waals surface area contributed by atoms with E-state index in [1.54, 1.807) is 0 Å². The van der Waals surface area contributed by atoms with Crippen LogP contribution in [0.4, 0.5) is 0 Å². The molecule has 2 rings (SSSR count). The maximum atomic E-state index is 12.2. The van der Waals surface area contributed by atoms with E-state index in [4.69, 9.17) is 5.11 Å². The number of fused-ring (bicyclic) bond motifs is 2. The Hall–Kier alpha value is -1.50. The van der Waals surface area contributed by atoms with Crippen molar-refractivity contribution in [2.45, 2.75) is 88.1 Å². The fourth-order valence-electron chi connectivity index (χ4n) is 4.55. The van der Waals surface area contributed by atoms with Crippen LogP contribution in [0.25, 0.3) is 0 Å². The van der Waals surface area contributed by atoms with Crippen molar-refractivity contribution in [2.75, 3.05) is 13.1 Å². The van der Waals surface area contributed by atoms with Crippen molar-refractivity contribution in [2.24, 2.45) is 11.8 Å². The maximum Gasteiger partial charge on any atom is 0.303 e. The quantitative estimate of drug-likeness (QED) is 0.266. The largest absolute Gasteiger partial charge is 0.481 e. The predicted molar refractivity (Wildman–Crippen MR) is 121 cm³/mol. The van der Waals surface area contributed by atoms with Crippen molar-refractivity contribution in [3.8, 4) is 0 Å². The SMILES string of the molecule is CCCCCC(=O)NCC(=O)NC[C@@H]1[C@H](CC/C=C\CCCC(=O)O)[C@@H]2CC[C@H]1S2. The second kappa shape index (κ2) is 13.7. The Bertz CT molecular complexity index is 596. The molecular weight excluding hydrogens is 400 g/mol. The summed E-state index contributed by atoms with van der Waals surface area (Å²) in [5, 5.41) is 15.8. The van der Waals surface area contributed by atoms with Gasteiger partial charge in [0.15, 0.2) is 0 Å². The van der Waals surface area contributed by atoms with E-state index >= 15 is 0 Å². The summed E-state index contributed by atoms with van der Waals surface area (Å²) in [5.74, 6) is 0.272. The zero-order chi connectivity index (χ0) is 21.8. The highest BCUT2D eigenvalue weighted by Gasteiger charge is 2.47. The molecule has 0 aromatic carbocycles. The van der Waals surface area contributed by atoms with Crippen molar-refractivity contribution < 1.29 is 19.5 Å². The zero-order valence-corrected chi connectivity index (χ0v) is 19.1. The minimum Gasteiger partial charge on any atom is -0.481 e. The van der Waals surface area contributed by atoms with Crippen LogP contribution in [0.5, 0.6) is 0 Å². The van der Waals surface area contributed by atoms with Crippen LogP contribution in [0.2, 0.25) is 0 Å². The van der Waals surface area contributed by atoms with Gasteiger partial charge in [-0.05, 0) is 56.8 Å². The lowest BCUT2D eigenvalue weighted by atomic mass is 9.77. The van der Waals surface area contributed by atoms with Crippen molar-refractivity contribution in [3.05, 3.63) is 12.2 Å². The summed E-state index contributed by atoms with van der Waals surface area (Å²) in [6, 6.07) is 0. The minimum absolute atomic E-state index is 0.0397. The molecular formula is C23H38N2O4S. The van der Waals surface area contributed by atoms with Gasteiger partial charge in [-0.3, -0.25) is 14.4 Å². The maximum absolute atomic E-state index is 12.2. The Morgan fingerprint density at radius 1 is 0.933 bits per heavy atom. The molecule has 6 nitrogen and oxygen atoms in total. The first-order chi connectivity index (χ1) is 14.5. The average Bonchev–Trinajstić information content (AvgIpc) is 3.31. The fourth-order valence-corrected chi connectivity index (χ4v) is 6.58. The van der Waals surface area contributed by atoms with Crippen LogP contribution < -0.4 is 10.6 Å². The third-order valence-electron chi connectivity index (χ3n) is 6.17. The van der Waals surface area contributed by atoms with Crippen LogP contribution in [-0.4, -0.2) is 46.5 Å². The van der Waals surface area contributed by atoms with Crippen LogP contribution in [-0.2, 0) is 14.4 Å². The number of allylic oxidation sites excluding steroid dienone is 2. The van der Waals surface area contributed by atoms with E-state index in [2.05, 4.69) is 41.5 Å². The standard InChI is InChI=1S/C23H38N2O4S/c1-2-3-7-11-21(26)25-16-22(27)24-15-18-17(19-13-14-20(18)30-19)10-8-5-4-6-9-12-23(28)29/h4-5,17-20H,2-3,6-16H2,1H3,(H,24,27)(H,25,26)(H,28,29)/b5-4-/t17-,18+,19-,20+/m0/s1. The number of hydrogen-bond donors (Lipinski definition) is 3. The molecule has 7 heteroatoms. The number of carbonyl (C=O) groups is 3. The topological polar surface area (TPSA) is 95.5 Å². The average molecular weight is 439 g/mol. The molecule has 2 heterocycles. The number of carboxylic acid groups (broad SMARTS) is 1. The second-order valence-electron chi connectivity index (χ2n) is 8.49. The van der Waals surface area contributed by atoms with Gasteiger partial charge in [-0.2, -0.15) is 11.8 Å². The van der Waals surface area contributed by atoms with Crippen LogP contribution in [0.15, 0.2) is 12.2 Å². The third-order valence-corrected chi connectivity index (χ3v) is 8.04. The van der Waals surface area contributed by atoms with E-state index in [0.717, 1.165) is 38.5 Å². The number of unbranched alkanes of at least 4 members (excludes halogenated alkanes) is 3. The molecule has 2 aliphatic heterocycles. The number of hydrogen-bond acceptors (Lipinski definition) is 4. The molecule has 2 bridgehead atoms. The van der Waals surface area contributed by atoms with Crippen molar-refractivity contribution in [1.29, 1.82) is 0 Å². The normalized spacial score (nSPS) is 25.0. The van der Waals surface area contributed by atoms with Crippen LogP contribution in [0, 0.1) is 11.8 Å². The van der Waals surface area contributed by atoms with Gasteiger partial charge in [-0.25, -0.2) is 0 Å². The predicted octanol–water partition coefficient (Wildman–Crippen LogP) is 3.90. The van der Waals surface area contributed by atoms with Crippen molar-refractivity contribution in [1.82, 2.24) is 10.6 Å². The number of carboxylic acids is 1. The number of aliphatic carboxylic acids is 1. The highest BCUT2D eigenvalue weighted by Crippen LogP contribution is 2.54. The lowest BCUT2D eigenvalue weighted by Crippen LogP contribution is -2.42. The first-order valence-electron chi connectivity index (χ1n) is 11.6. The Labute approximate surface area is 185 Å². The molecule has 2 saturated heterocycles. The van der Waals surface area contributed by atoms with Crippen LogP contribution in [0.3, 0.4) is 0 Å². The van der Waals surface area contributed by atoms with Gasteiger partial charge in [-0.1, -0.05) is 31.9 Å². The minimum atomic E-state index is -0.733. The fraction of sp³-hybridized carbons (Fsp3) is 0.783. The third kappa shape index (κ3) is 8.70. The zero-order valence-electron chi connectivity index (χ0n) is 18.2. The summed E-state index contributed by atoms with van der Waals surface area (Å²) in [4.78, 5) is 34.5. The number of rotatable bonds is 15. The van der Waals surface area contributed by atoms with Crippen molar-refractivity contribution in [3.63, 3.8) is 0 Å². The van der Waals surface area contributed by atoms with Gasteiger partial charge in [0, 0.05) is 29.9 Å². The van der Waals surface area contributed by atoms with E-state index in [9.17, 15) is 14.4 Å². The van der Waals surface area contributed by atoms with Gasteiger partial charge in [0.1, 0.15) is 0 Å². The Kier molecular flexibility index (Phi) is 11.3. The van der Waals surface area contributed by atoms with Gasteiger partial charge in [-0.15, -0.1) is 0 Å². The van der Waals surface area contributed by atoms with Crippen LogP contribution in [0.1, 0.15) is 77.6 Å². The van der Waals surface area contributed by atoms with E-state index in [1.807, 2.05) is 0 Å². The van der Waals surface area contributed by atoms with Gasteiger partial charge >= 0.3 is 5.97 Å². The van der Waals surface area contributed by atoms with Crippen LogP contribution >= 0.6 is 11.8 Å². The molecule has 0 radical (unpaired) electrons. The van der Waals surface area contributed by atoms with E-state index < -0.39 is 5.97 Å². The molecule has 0 saturated carbocycles. The van der Waals surface area contributed by atoms with E-state index in [0.29, 0.717) is 41.7 Å². The van der Waals surface area contributed by atoms with Gasteiger partial charge in [0.25, 0.3) is 0 Å². The summed E-state index contributed by atoms with van der Waals surface area (Å²) in [7, 11) is 0. The molecule has 3 N–H and O–H groups in total. The molecule has 30 heavy (non-hydrogen) atoms. The molecule has 0 spiro atoms. The monoisotopic (exact) mass is 438 g/mol. The first kappa shape index (κ1) is 24.8. The molecule has 2 fully saturated rings. The number of nitrogens with one attached hydrogen (secondary N) is 2. The Morgan fingerprint density at radius 3 is 2.40 bits per heavy atom. The molecule has 0 aromatic rings. The van der Waals surface area contributed by atoms with Crippen molar-refractivity contribution >= 4 is 29.5 Å². The molecule has 0 aliphatic carbocycles. The second-order valence-corrected chi connectivity index (χ2v) is 9.97. The molecule has 0 aromatic heterocycles. The summed E-state index contributed by atoms with van der Waals surface area (Å²) in [6.07, 6.45) is 14.2. The van der Waals surface area contributed by atoms with Gasteiger partial charge < -0.3 is 15.7 Å². The molecule has 0 unspecified atom stereocenters.